The van der Waals surface area contributed by atoms with E-state index in [1.807, 2.05) is 18.2 Å². The van der Waals surface area contributed by atoms with Crippen molar-refractivity contribution in [3.8, 4) is 0 Å². The van der Waals surface area contributed by atoms with Gasteiger partial charge in [0.1, 0.15) is 5.82 Å². The largest absolute Gasteiger partial charge is 0.344 e. The van der Waals surface area contributed by atoms with Crippen molar-refractivity contribution in [2.45, 2.75) is 32.6 Å². The van der Waals surface area contributed by atoms with Crippen LogP contribution in [0.3, 0.4) is 0 Å². The molecule has 2 amide bonds. The van der Waals surface area contributed by atoms with Crippen molar-refractivity contribution in [1.82, 2.24) is 5.16 Å². The van der Waals surface area contributed by atoms with Crippen LogP contribution in [0.5, 0.6) is 0 Å². The number of hydrogen-bond donors (Lipinski definition) is 1. The van der Waals surface area contributed by atoms with Crippen LogP contribution in [0, 0.1) is 12.7 Å². The molecule has 0 bridgehead atoms. The smallest absolute Gasteiger partial charge is 0.255 e. The molecule has 0 radical (unpaired) electrons. The van der Waals surface area contributed by atoms with Crippen LogP contribution >= 0.6 is 11.6 Å². The summed E-state index contributed by atoms with van der Waals surface area (Å²) >= 11 is 6.01. The molecule has 1 aliphatic rings. The summed E-state index contributed by atoms with van der Waals surface area (Å²) in [7, 11) is 0. The predicted octanol–water partition coefficient (Wildman–Crippen LogP) is 4.94. The Morgan fingerprint density at radius 3 is 2.71 bits per heavy atom. The minimum absolute atomic E-state index is 0.0281. The minimum Gasteiger partial charge on any atom is -0.344 e. The zero-order valence-electron chi connectivity index (χ0n) is 17.0. The van der Waals surface area contributed by atoms with Crippen LogP contribution in [0.2, 0.25) is 5.22 Å². The zero-order valence-corrected chi connectivity index (χ0v) is 17.7. The fourth-order valence-corrected chi connectivity index (χ4v) is 4.07. The van der Waals surface area contributed by atoms with E-state index in [0.29, 0.717) is 29.9 Å². The standard InChI is InChI=1S/C23H21ClFN3O3/c1-14-17(22(24)31-27-14)11-12-21(29)28-13-3-4-18-19(5-2-6-20(18)28)26-23(30)15-7-9-16(25)10-8-15/h2,5-10H,3-4,11-13H2,1H3,(H,26,30). The molecule has 1 aromatic heterocycles. The van der Waals surface area contributed by atoms with E-state index in [1.54, 1.807) is 11.8 Å². The SMILES string of the molecule is Cc1noc(Cl)c1CCC(=O)N1CCCc2c(NC(=O)c3ccc(F)cc3)cccc21. The maximum atomic E-state index is 13.1. The Labute approximate surface area is 184 Å². The van der Waals surface area contributed by atoms with Crippen LogP contribution in [-0.2, 0) is 17.6 Å². The molecule has 160 valence electrons. The second-order valence-electron chi connectivity index (χ2n) is 7.43. The van der Waals surface area contributed by atoms with Crippen molar-refractivity contribution in [2.24, 2.45) is 0 Å². The Kier molecular flexibility index (Phi) is 6.04. The molecule has 0 fully saturated rings. The summed E-state index contributed by atoms with van der Waals surface area (Å²) in [6.45, 7) is 2.40. The first-order chi connectivity index (χ1) is 14.9. The zero-order chi connectivity index (χ0) is 22.0. The number of fused-ring (bicyclic) bond motifs is 1. The van der Waals surface area contributed by atoms with E-state index in [2.05, 4.69) is 10.5 Å². The summed E-state index contributed by atoms with van der Waals surface area (Å²) in [4.78, 5) is 27.3. The number of aryl methyl sites for hydroxylation is 1. The van der Waals surface area contributed by atoms with Crippen molar-refractivity contribution >= 4 is 34.8 Å². The van der Waals surface area contributed by atoms with Gasteiger partial charge < -0.3 is 14.7 Å². The number of nitrogens with zero attached hydrogens (tertiary/aromatic N) is 2. The lowest BCUT2D eigenvalue weighted by molar-refractivity contribution is -0.118. The summed E-state index contributed by atoms with van der Waals surface area (Å²) in [5.41, 5.74) is 4.15. The summed E-state index contributed by atoms with van der Waals surface area (Å²) in [6.07, 6.45) is 2.25. The van der Waals surface area contributed by atoms with Gasteiger partial charge in [-0.15, -0.1) is 0 Å². The van der Waals surface area contributed by atoms with Gasteiger partial charge in [0, 0.05) is 35.5 Å². The number of carbonyl (C=O) groups excluding carboxylic acids is 2. The summed E-state index contributed by atoms with van der Waals surface area (Å²) in [6, 6.07) is 10.9. The number of anilines is 2. The highest BCUT2D eigenvalue weighted by atomic mass is 35.5. The van der Waals surface area contributed by atoms with Crippen molar-refractivity contribution in [2.75, 3.05) is 16.8 Å². The molecule has 4 rings (SSSR count). The van der Waals surface area contributed by atoms with Crippen molar-refractivity contribution in [3.63, 3.8) is 0 Å². The fourth-order valence-electron chi connectivity index (χ4n) is 3.80. The monoisotopic (exact) mass is 441 g/mol. The Balaban J connectivity index is 1.51. The van der Waals surface area contributed by atoms with E-state index in [0.717, 1.165) is 29.7 Å². The van der Waals surface area contributed by atoms with Gasteiger partial charge in [-0.1, -0.05) is 11.2 Å². The lowest BCUT2D eigenvalue weighted by Crippen LogP contribution is -2.36. The molecule has 1 aliphatic heterocycles. The Bertz CT molecular complexity index is 1110. The Morgan fingerprint density at radius 2 is 2.00 bits per heavy atom. The van der Waals surface area contributed by atoms with Gasteiger partial charge >= 0.3 is 0 Å². The maximum absolute atomic E-state index is 13.1. The molecule has 0 atom stereocenters. The molecule has 0 unspecified atom stereocenters. The molecule has 2 aromatic carbocycles. The third-order valence-corrected chi connectivity index (χ3v) is 5.73. The van der Waals surface area contributed by atoms with Gasteiger partial charge in [0.15, 0.2) is 0 Å². The third kappa shape index (κ3) is 4.46. The first-order valence-corrected chi connectivity index (χ1v) is 10.4. The second kappa shape index (κ2) is 8.89. The van der Waals surface area contributed by atoms with Crippen molar-refractivity contribution in [1.29, 1.82) is 0 Å². The topological polar surface area (TPSA) is 75.4 Å². The van der Waals surface area contributed by atoms with Gasteiger partial charge in [-0.25, -0.2) is 4.39 Å². The highest BCUT2D eigenvalue weighted by Crippen LogP contribution is 2.34. The number of carbonyl (C=O) groups is 2. The van der Waals surface area contributed by atoms with E-state index >= 15 is 0 Å². The number of hydrogen-bond acceptors (Lipinski definition) is 4. The lowest BCUT2D eigenvalue weighted by atomic mass is 9.98. The van der Waals surface area contributed by atoms with E-state index in [9.17, 15) is 14.0 Å². The molecule has 0 saturated heterocycles. The summed E-state index contributed by atoms with van der Waals surface area (Å²) in [5, 5.41) is 6.93. The van der Waals surface area contributed by atoms with Crippen LogP contribution in [0.15, 0.2) is 47.0 Å². The van der Waals surface area contributed by atoms with E-state index in [1.165, 1.54) is 24.3 Å². The van der Waals surface area contributed by atoms with Gasteiger partial charge in [-0.3, -0.25) is 9.59 Å². The number of amides is 2. The molecular formula is C23H21ClFN3O3. The lowest BCUT2D eigenvalue weighted by Gasteiger charge is -2.31. The molecule has 3 aromatic rings. The quantitative estimate of drug-likeness (QED) is 0.608. The molecule has 8 heteroatoms. The van der Waals surface area contributed by atoms with Gasteiger partial charge in [0.05, 0.1) is 5.69 Å². The van der Waals surface area contributed by atoms with E-state index in [-0.39, 0.29) is 23.5 Å². The first-order valence-electron chi connectivity index (χ1n) is 10.0. The molecule has 2 heterocycles. The number of benzene rings is 2. The third-order valence-electron chi connectivity index (χ3n) is 5.43. The van der Waals surface area contributed by atoms with Gasteiger partial charge in [0.25, 0.3) is 5.91 Å². The normalized spacial score (nSPS) is 13.1. The molecule has 31 heavy (non-hydrogen) atoms. The number of nitrogens with one attached hydrogen (secondary N) is 1. The molecule has 0 spiro atoms. The van der Waals surface area contributed by atoms with Crippen LogP contribution in [0.25, 0.3) is 0 Å². The molecule has 1 N–H and O–H groups in total. The minimum atomic E-state index is -0.398. The van der Waals surface area contributed by atoms with Gasteiger partial charge in [-0.2, -0.15) is 0 Å². The Hall–Kier alpha value is -3.19. The van der Waals surface area contributed by atoms with Crippen LogP contribution in [0.1, 0.15) is 40.0 Å². The number of halogens is 2. The van der Waals surface area contributed by atoms with E-state index < -0.39 is 5.82 Å². The van der Waals surface area contributed by atoms with Crippen molar-refractivity contribution in [3.05, 3.63) is 75.9 Å². The van der Waals surface area contributed by atoms with Crippen LogP contribution < -0.4 is 10.2 Å². The Morgan fingerprint density at radius 1 is 1.23 bits per heavy atom. The first kappa shape index (κ1) is 21.1. The molecule has 6 nitrogen and oxygen atoms in total. The highest BCUT2D eigenvalue weighted by molar-refractivity contribution is 6.29. The average molecular weight is 442 g/mol. The highest BCUT2D eigenvalue weighted by Gasteiger charge is 2.25. The fraction of sp³-hybridized carbons (Fsp3) is 0.261. The molecule has 0 saturated carbocycles. The number of aromatic nitrogens is 1. The predicted molar refractivity (Wildman–Crippen MR) is 116 cm³/mol. The average Bonchev–Trinajstić information content (AvgIpc) is 3.09. The van der Waals surface area contributed by atoms with E-state index in [4.69, 9.17) is 16.1 Å². The van der Waals surface area contributed by atoms with Crippen LogP contribution in [-0.4, -0.2) is 23.5 Å². The molecular weight excluding hydrogens is 421 g/mol. The van der Waals surface area contributed by atoms with Gasteiger partial charge in [0.2, 0.25) is 11.1 Å². The molecule has 0 aliphatic carbocycles. The summed E-state index contributed by atoms with van der Waals surface area (Å²) < 4.78 is 18.1. The summed E-state index contributed by atoms with van der Waals surface area (Å²) in [5.74, 6) is -0.750. The van der Waals surface area contributed by atoms with Crippen molar-refractivity contribution < 1.29 is 18.5 Å². The second-order valence-corrected chi connectivity index (χ2v) is 7.78. The van der Waals surface area contributed by atoms with Gasteiger partial charge in [-0.05, 0) is 79.7 Å². The maximum Gasteiger partial charge on any atom is 0.255 e. The van der Waals surface area contributed by atoms with Crippen LogP contribution in [0.4, 0.5) is 15.8 Å². The number of rotatable bonds is 5.